The molecule has 1 saturated carbocycles. The van der Waals surface area contributed by atoms with Crippen LogP contribution < -0.4 is 0 Å². The second-order valence-electron chi connectivity index (χ2n) is 9.01. The molecular weight excluding hydrogens is 298 g/mol. The lowest BCUT2D eigenvalue weighted by atomic mass is 9.56. The van der Waals surface area contributed by atoms with Gasteiger partial charge in [-0.15, -0.1) is 0 Å². The first-order chi connectivity index (χ1) is 11.7. The third-order valence-electron chi connectivity index (χ3n) is 7.26. The van der Waals surface area contributed by atoms with Crippen LogP contribution in [0.4, 0.5) is 0 Å². The van der Waals surface area contributed by atoms with Gasteiger partial charge in [0.25, 0.3) is 0 Å². The molecule has 3 heterocycles. The molecule has 0 radical (unpaired) electrons. The third-order valence-corrected chi connectivity index (χ3v) is 7.26. The Kier molecular flexibility index (Phi) is 5.19. The molecule has 3 aliphatic heterocycles. The molecule has 0 aromatic heterocycles. The van der Waals surface area contributed by atoms with Crippen LogP contribution in [0.3, 0.4) is 0 Å². The summed E-state index contributed by atoms with van der Waals surface area (Å²) in [6.07, 6.45) is 8.86. The molecule has 4 nitrogen and oxygen atoms in total. The highest BCUT2D eigenvalue weighted by Crippen LogP contribution is 2.55. The molecule has 4 aliphatic rings. The molecule has 138 valence electrons. The zero-order valence-corrected chi connectivity index (χ0v) is 15.9. The molecule has 1 aliphatic carbocycles. The van der Waals surface area contributed by atoms with Gasteiger partial charge in [0.15, 0.2) is 0 Å². The van der Waals surface area contributed by atoms with Gasteiger partial charge in [0, 0.05) is 56.8 Å². The topological polar surface area (TPSA) is 19.0 Å². The zero-order chi connectivity index (χ0) is 16.6. The first-order valence-corrected chi connectivity index (χ1v) is 10.5. The van der Waals surface area contributed by atoms with Crippen LogP contribution in [0.1, 0.15) is 52.4 Å². The lowest BCUT2D eigenvalue weighted by molar-refractivity contribution is -0.172. The van der Waals surface area contributed by atoms with Crippen molar-refractivity contribution < 1.29 is 4.74 Å². The Bertz CT molecular complexity index is 409. The summed E-state index contributed by atoms with van der Waals surface area (Å²) < 4.78 is 6.09. The standard InChI is InChI=1S/C20H37N3O/c1-17(2)22-13-11-21(12-14-22)9-5-10-23-16-20(7-4-8-20)19(23)18-6-3-15-24-18/h17-19H,3-16H2,1-2H3/t18-,19+/m1/s1. The Labute approximate surface area is 148 Å². The molecule has 24 heavy (non-hydrogen) atoms. The maximum absolute atomic E-state index is 6.09. The van der Waals surface area contributed by atoms with Crippen LogP contribution in [0, 0.1) is 5.41 Å². The first kappa shape index (κ1) is 17.3. The number of nitrogens with zero attached hydrogens (tertiary/aromatic N) is 3. The van der Waals surface area contributed by atoms with Gasteiger partial charge in [0.05, 0.1) is 6.10 Å². The Hall–Kier alpha value is -0.160. The molecule has 3 saturated heterocycles. The molecule has 0 amide bonds. The van der Waals surface area contributed by atoms with E-state index in [4.69, 9.17) is 4.74 Å². The smallest absolute Gasteiger partial charge is 0.0736 e. The second-order valence-corrected chi connectivity index (χ2v) is 9.01. The molecule has 1 spiro atoms. The van der Waals surface area contributed by atoms with Crippen LogP contribution in [0.5, 0.6) is 0 Å². The highest BCUT2D eigenvalue weighted by Gasteiger charge is 2.58. The van der Waals surface area contributed by atoms with Crippen molar-refractivity contribution in [2.24, 2.45) is 5.41 Å². The van der Waals surface area contributed by atoms with Gasteiger partial charge in [-0.3, -0.25) is 9.80 Å². The number of hydrogen-bond acceptors (Lipinski definition) is 4. The summed E-state index contributed by atoms with van der Waals surface area (Å²) >= 11 is 0. The van der Waals surface area contributed by atoms with Crippen molar-refractivity contribution in [2.45, 2.75) is 70.6 Å². The van der Waals surface area contributed by atoms with Crippen LogP contribution in [0.2, 0.25) is 0 Å². The van der Waals surface area contributed by atoms with Gasteiger partial charge >= 0.3 is 0 Å². The van der Waals surface area contributed by atoms with E-state index in [1.54, 1.807) is 0 Å². The number of ether oxygens (including phenoxy) is 1. The van der Waals surface area contributed by atoms with Crippen molar-refractivity contribution in [3.63, 3.8) is 0 Å². The van der Waals surface area contributed by atoms with Crippen molar-refractivity contribution in [1.82, 2.24) is 14.7 Å². The van der Waals surface area contributed by atoms with Gasteiger partial charge in [-0.25, -0.2) is 0 Å². The number of hydrogen-bond donors (Lipinski definition) is 0. The van der Waals surface area contributed by atoms with Crippen molar-refractivity contribution >= 4 is 0 Å². The minimum atomic E-state index is 0.550. The van der Waals surface area contributed by atoms with Gasteiger partial charge in [-0.1, -0.05) is 6.42 Å². The molecular formula is C20H37N3O. The minimum Gasteiger partial charge on any atom is -0.377 e. The van der Waals surface area contributed by atoms with Crippen molar-refractivity contribution in [2.75, 3.05) is 52.4 Å². The average Bonchev–Trinajstić information content (AvgIpc) is 3.02. The summed E-state index contributed by atoms with van der Waals surface area (Å²) in [6, 6.07) is 1.46. The normalized spacial score (nSPS) is 34.6. The molecule has 0 aromatic rings. The quantitative estimate of drug-likeness (QED) is 0.742. The number of piperazine rings is 1. The summed E-state index contributed by atoms with van der Waals surface area (Å²) in [5, 5.41) is 0. The van der Waals surface area contributed by atoms with E-state index >= 15 is 0 Å². The van der Waals surface area contributed by atoms with Crippen LogP contribution in [0.25, 0.3) is 0 Å². The molecule has 4 heteroatoms. The molecule has 0 aromatic carbocycles. The maximum atomic E-state index is 6.09. The predicted molar refractivity (Wildman–Crippen MR) is 98.4 cm³/mol. The minimum absolute atomic E-state index is 0.550. The van der Waals surface area contributed by atoms with Crippen molar-refractivity contribution in [3.8, 4) is 0 Å². The maximum Gasteiger partial charge on any atom is 0.0736 e. The monoisotopic (exact) mass is 335 g/mol. The van der Waals surface area contributed by atoms with Gasteiger partial charge in [0.1, 0.15) is 0 Å². The first-order valence-electron chi connectivity index (χ1n) is 10.5. The molecule has 2 atom stereocenters. The van der Waals surface area contributed by atoms with E-state index in [9.17, 15) is 0 Å². The average molecular weight is 336 g/mol. The largest absolute Gasteiger partial charge is 0.377 e. The molecule has 4 rings (SSSR count). The van der Waals surface area contributed by atoms with Gasteiger partial charge < -0.3 is 9.64 Å². The van der Waals surface area contributed by atoms with Crippen molar-refractivity contribution in [3.05, 3.63) is 0 Å². The van der Waals surface area contributed by atoms with E-state index in [1.807, 2.05) is 0 Å². The van der Waals surface area contributed by atoms with Gasteiger partial charge in [0.2, 0.25) is 0 Å². The molecule has 0 bridgehead atoms. The molecule has 0 unspecified atom stereocenters. The fraction of sp³-hybridized carbons (Fsp3) is 1.00. The van der Waals surface area contributed by atoms with Crippen LogP contribution in [0.15, 0.2) is 0 Å². The lowest BCUT2D eigenvalue weighted by Gasteiger charge is -2.64. The van der Waals surface area contributed by atoms with E-state index in [2.05, 4.69) is 28.5 Å². The highest BCUT2D eigenvalue weighted by molar-refractivity contribution is 5.11. The lowest BCUT2D eigenvalue weighted by Crippen LogP contribution is -2.71. The third kappa shape index (κ3) is 3.27. The van der Waals surface area contributed by atoms with Crippen molar-refractivity contribution in [1.29, 1.82) is 0 Å². The number of rotatable bonds is 6. The summed E-state index contributed by atoms with van der Waals surface area (Å²) in [4.78, 5) is 8.07. The summed E-state index contributed by atoms with van der Waals surface area (Å²) in [6.45, 7) is 14.6. The molecule has 4 fully saturated rings. The van der Waals surface area contributed by atoms with E-state index < -0.39 is 0 Å². The summed E-state index contributed by atoms with van der Waals surface area (Å²) in [5.74, 6) is 0. The van der Waals surface area contributed by atoms with Crippen LogP contribution in [-0.2, 0) is 4.74 Å². The highest BCUT2D eigenvalue weighted by atomic mass is 16.5. The Morgan fingerprint density at radius 1 is 1.04 bits per heavy atom. The van der Waals surface area contributed by atoms with Crippen LogP contribution in [-0.4, -0.2) is 85.3 Å². The fourth-order valence-electron chi connectivity index (χ4n) is 5.66. The number of likely N-dealkylation sites (tertiary alicyclic amines) is 1. The summed E-state index contributed by atoms with van der Waals surface area (Å²) in [5.41, 5.74) is 0.665. The fourth-order valence-corrected chi connectivity index (χ4v) is 5.66. The Balaban J connectivity index is 1.20. The molecule has 0 N–H and O–H groups in total. The van der Waals surface area contributed by atoms with Gasteiger partial charge in [-0.05, 0) is 59.0 Å². The van der Waals surface area contributed by atoms with E-state index in [1.165, 1.54) is 84.3 Å². The van der Waals surface area contributed by atoms with Crippen LogP contribution >= 0.6 is 0 Å². The van der Waals surface area contributed by atoms with E-state index in [0.29, 0.717) is 17.6 Å². The predicted octanol–water partition coefficient (Wildman–Crippen LogP) is 2.44. The summed E-state index contributed by atoms with van der Waals surface area (Å²) in [7, 11) is 0. The Morgan fingerprint density at radius 3 is 2.42 bits per heavy atom. The Morgan fingerprint density at radius 2 is 1.83 bits per heavy atom. The van der Waals surface area contributed by atoms with E-state index in [-0.39, 0.29) is 0 Å². The van der Waals surface area contributed by atoms with E-state index in [0.717, 1.165) is 12.6 Å². The zero-order valence-electron chi connectivity index (χ0n) is 15.9. The SMILES string of the molecule is CC(C)N1CCN(CCCN2CC3(CCC3)[C@@H]2[C@H]2CCCO2)CC1. The van der Waals surface area contributed by atoms with Gasteiger partial charge in [-0.2, -0.15) is 0 Å². The second kappa shape index (κ2) is 7.22.